The second-order valence-corrected chi connectivity index (χ2v) is 5.80. The van der Waals surface area contributed by atoms with E-state index in [9.17, 15) is 4.79 Å². The molecule has 0 saturated heterocycles. The number of nitrogens with one attached hydrogen (secondary N) is 2. The highest BCUT2D eigenvalue weighted by molar-refractivity contribution is 5.90. The van der Waals surface area contributed by atoms with Gasteiger partial charge in [-0.3, -0.25) is 4.79 Å². The minimum atomic E-state index is 0.00217. The number of benzene rings is 1. The molecule has 2 heterocycles. The third-order valence-electron chi connectivity index (χ3n) is 4.17. The third-order valence-corrected chi connectivity index (χ3v) is 4.17. The average molecular weight is 326 g/mol. The van der Waals surface area contributed by atoms with Crippen LogP contribution in [0.15, 0.2) is 36.8 Å². The third kappa shape index (κ3) is 3.49. The lowest BCUT2D eigenvalue weighted by molar-refractivity contribution is -0.120. The Hall–Kier alpha value is -2.60. The fourth-order valence-corrected chi connectivity index (χ4v) is 2.86. The van der Waals surface area contributed by atoms with Crippen LogP contribution in [0.3, 0.4) is 0 Å². The summed E-state index contributed by atoms with van der Waals surface area (Å²) < 4.78 is 7.07. The standard InChI is InChI=1S/C18H22N4O2/c1-13-16(15-5-3-4-6-17(15)21-13)9-18(23)20-11-14-10-19-12-22(14)7-8-24-2/h3-6,10,12,21H,7-9,11H2,1-2H3,(H,20,23). The van der Waals surface area contributed by atoms with Gasteiger partial charge in [-0.2, -0.15) is 0 Å². The Kier molecular flexibility index (Phi) is 4.96. The Morgan fingerprint density at radius 2 is 2.21 bits per heavy atom. The number of rotatable bonds is 7. The first kappa shape index (κ1) is 16.3. The number of para-hydroxylation sites is 1. The summed E-state index contributed by atoms with van der Waals surface area (Å²) in [5.74, 6) is 0.00217. The lowest BCUT2D eigenvalue weighted by atomic mass is 10.1. The second-order valence-electron chi connectivity index (χ2n) is 5.80. The van der Waals surface area contributed by atoms with E-state index in [0.717, 1.165) is 34.4 Å². The van der Waals surface area contributed by atoms with Crippen molar-refractivity contribution in [2.24, 2.45) is 0 Å². The van der Waals surface area contributed by atoms with Gasteiger partial charge < -0.3 is 19.6 Å². The van der Waals surface area contributed by atoms with Crippen LogP contribution < -0.4 is 5.32 Å². The van der Waals surface area contributed by atoms with Crippen molar-refractivity contribution in [2.75, 3.05) is 13.7 Å². The van der Waals surface area contributed by atoms with Crippen LogP contribution >= 0.6 is 0 Å². The number of aromatic amines is 1. The number of carbonyl (C=O) groups is 1. The quantitative estimate of drug-likeness (QED) is 0.699. The van der Waals surface area contributed by atoms with Gasteiger partial charge in [-0.25, -0.2) is 4.98 Å². The van der Waals surface area contributed by atoms with Crippen LogP contribution in [0.5, 0.6) is 0 Å². The molecule has 126 valence electrons. The molecule has 0 radical (unpaired) electrons. The summed E-state index contributed by atoms with van der Waals surface area (Å²) in [7, 11) is 1.67. The number of nitrogens with zero attached hydrogens (tertiary/aromatic N) is 2. The van der Waals surface area contributed by atoms with Crippen molar-refractivity contribution in [1.82, 2.24) is 19.9 Å². The molecular weight excluding hydrogens is 304 g/mol. The van der Waals surface area contributed by atoms with Crippen LogP contribution in [0, 0.1) is 6.92 Å². The van der Waals surface area contributed by atoms with Crippen molar-refractivity contribution >= 4 is 16.8 Å². The molecule has 0 aliphatic carbocycles. The fourth-order valence-electron chi connectivity index (χ4n) is 2.86. The number of aryl methyl sites for hydroxylation is 1. The second kappa shape index (κ2) is 7.31. The number of aromatic nitrogens is 3. The Labute approximate surface area is 140 Å². The van der Waals surface area contributed by atoms with Gasteiger partial charge in [0.2, 0.25) is 5.91 Å². The van der Waals surface area contributed by atoms with Gasteiger partial charge in [0.05, 0.1) is 31.6 Å². The maximum Gasteiger partial charge on any atom is 0.224 e. The molecule has 0 spiro atoms. The first-order valence-corrected chi connectivity index (χ1v) is 8.00. The van der Waals surface area contributed by atoms with E-state index in [-0.39, 0.29) is 5.91 Å². The monoisotopic (exact) mass is 326 g/mol. The highest BCUT2D eigenvalue weighted by Crippen LogP contribution is 2.22. The van der Waals surface area contributed by atoms with Gasteiger partial charge in [-0.05, 0) is 18.6 Å². The molecule has 0 bridgehead atoms. The highest BCUT2D eigenvalue weighted by atomic mass is 16.5. The Morgan fingerprint density at radius 1 is 1.38 bits per heavy atom. The predicted molar refractivity (Wildman–Crippen MR) is 92.7 cm³/mol. The summed E-state index contributed by atoms with van der Waals surface area (Å²) in [5, 5.41) is 4.08. The minimum absolute atomic E-state index is 0.00217. The first-order valence-electron chi connectivity index (χ1n) is 8.00. The van der Waals surface area contributed by atoms with Gasteiger partial charge in [0, 0.05) is 36.4 Å². The van der Waals surface area contributed by atoms with Crippen LogP contribution in [-0.4, -0.2) is 34.2 Å². The highest BCUT2D eigenvalue weighted by Gasteiger charge is 2.12. The molecule has 1 aromatic carbocycles. The molecule has 0 unspecified atom stereocenters. The van der Waals surface area contributed by atoms with E-state index in [1.54, 1.807) is 19.6 Å². The Bertz CT molecular complexity index is 835. The van der Waals surface area contributed by atoms with Crippen LogP contribution in [0.4, 0.5) is 0 Å². The van der Waals surface area contributed by atoms with Crippen molar-refractivity contribution in [3.63, 3.8) is 0 Å². The van der Waals surface area contributed by atoms with Crippen LogP contribution in [0.25, 0.3) is 10.9 Å². The zero-order chi connectivity index (χ0) is 16.9. The maximum atomic E-state index is 12.3. The molecular formula is C18H22N4O2. The predicted octanol–water partition coefficient (Wildman–Crippen LogP) is 2.18. The Balaban J connectivity index is 1.64. The largest absolute Gasteiger partial charge is 0.383 e. The van der Waals surface area contributed by atoms with Crippen molar-refractivity contribution in [3.8, 4) is 0 Å². The van der Waals surface area contributed by atoms with Crippen molar-refractivity contribution < 1.29 is 9.53 Å². The number of hydrogen-bond acceptors (Lipinski definition) is 3. The normalized spacial score (nSPS) is 11.1. The minimum Gasteiger partial charge on any atom is -0.383 e. The first-order chi connectivity index (χ1) is 11.7. The summed E-state index contributed by atoms with van der Waals surface area (Å²) in [6, 6.07) is 8.05. The van der Waals surface area contributed by atoms with Crippen molar-refractivity contribution in [2.45, 2.75) is 26.4 Å². The summed E-state index contributed by atoms with van der Waals surface area (Å²) in [5.41, 5.74) is 4.12. The summed E-state index contributed by atoms with van der Waals surface area (Å²) >= 11 is 0. The molecule has 0 saturated carbocycles. The van der Waals surface area contributed by atoms with Gasteiger partial charge in [-0.1, -0.05) is 18.2 Å². The molecule has 0 fully saturated rings. The molecule has 3 rings (SSSR count). The SMILES string of the molecule is COCCn1cncc1CNC(=O)Cc1c(C)[nH]c2ccccc12. The molecule has 2 aromatic heterocycles. The molecule has 0 aliphatic heterocycles. The molecule has 0 aliphatic rings. The topological polar surface area (TPSA) is 71.9 Å². The molecule has 24 heavy (non-hydrogen) atoms. The number of methoxy groups -OCH3 is 1. The zero-order valence-corrected chi connectivity index (χ0v) is 14.0. The number of amides is 1. The molecule has 6 nitrogen and oxygen atoms in total. The van der Waals surface area contributed by atoms with Gasteiger partial charge in [0.15, 0.2) is 0 Å². The van der Waals surface area contributed by atoms with Gasteiger partial charge in [0.25, 0.3) is 0 Å². The average Bonchev–Trinajstić information content (AvgIpc) is 3.15. The maximum absolute atomic E-state index is 12.3. The van der Waals surface area contributed by atoms with Crippen molar-refractivity contribution in [1.29, 1.82) is 0 Å². The summed E-state index contributed by atoms with van der Waals surface area (Å²) in [4.78, 5) is 19.8. The lowest BCUT2D eigenvalue weighted by Crippen LogP contribution is -2.26. The molecule has 6 heteroatoms. The smallest absolute Gasteiger partial charge is 0.224 e. The molecule has 0 atom stereocenters. The van der Waals surface area contributed by atoms with E-state index < -0.39 is 0 Å². The number of hydrogen-bond donors (Lipinski definition) is 2. The van der Waals surface area contributed by atoms with E-state index in [2.05, 4.69) is 15.3 Å². The molecule has 2 N–H and O–H groups in total. The van der Waals surface area contributed by atoms with Crippen LogP contribution in [-0.2, 0) is 29.0 Å². The Morgan fingerprint density at radius 3 is 3.04 bits per heavy atom. The van der Waals surface area contributed by atoms with Gasteiger partial charge in [0.1, 0.15) is 0 Å². The molecule has 1 amide bonds. The van der Waals surface area contributed by atoms with Gasteiger partial charge in [-0.15, -0.1) is 0 Å². The molecule has 3 aromatic rings. The number of imidazole rings is 1. The lowest BCUT2D eigenvalue weighted by Gasteiger charge is -2.09. The van der Waals surface area contributed by atoms with E-state index in [1.807, 2.05) is 35.8 Å². The number of ether oxygens (including phenoxy) is 1. The summed E-state index contributed by atoms with van der Waals surface area (Å²) in [6.07, 6.45) is 3.89. The number of H-pyrrole nitrogens is 1. The number of fused-ring (bicyclic) bond motifs is 1. The van der Waals surface area contributed by atoms with E-state index in [4.69, 9.17) is 4.74 Å². The fraction of sp³-hybridized carbons (Fsp3) is 0.333. The van der Waals surface area contributed by atoms with Crippen LogP contribution in [0.1, 0.15) is 17.0 Å². The van der Waals surface area contributed by atoms with Gasteiger partial charge >= 0.3 is 0 Å². The van der Waals surface area contributed by atoms with E-state index >= 15 is 0 Å². The van der Waals surface area contributed by atoms with Crippen molar-refractivity contribution in [3.05, 3.63) is 53.7 Å². The van der Waals surface area contributed by atoms with E-state index in [1.165, 1.54) is 0 Å². The van der Waals surface area contributed by atoms with E-state index in [0.29, 0.717) is 19.6 Å². The van der Waals surface area contributed by atoms with Crippen LogP contribution in [0.2, 0.25) is 0 Å². The summed E-state index contributed by atoms with van der Waals surface area (Å²) in [6.45, 7) is 3.81. The number of carbonyl (C=O) groups excluding carboxylic acids is 1. The zero-order valence-electron chi connectivity index (χ0n) is 14.0.